The molecule has 2 aromatic heterocycles. The van der Waals surface area contributed by atoms with Gasteiger partial charge in [0.1, 0.15) is 0 Å². The maximum atomic E-state index is 5.96. The number of aryl methyl sites for hydroxylation is 1. The summed E-state index contributed by atoms with van der Waals surface area (Å²) >= 11 is 5.96. The molecule has 0 fully saturated rings. The maximum absolute atomic E-state index is 5.96. The van der Waals surface area contributed by atoms with Crippen LogP contribution in [0.15, 0.2) is 59.3 Å². The van der Waals surface area contributed by atoms with E-state index < -0.39 is 0 Å². The van der Waals surface area contributed by atoms with Crippen LogP contribution >= 0.6 is 11.6 Å². The minimum absolute atomic E-state index is 0.568. The van der Waals surface area contributed by atoms with Crippen LogP contribution in [0.1, 0.15) is 12.8 Å². The molecule has 0 radical (unpaired) electrons. The van der Waals surface area contributed by atoms with Gasteiger partial charge in [0.2, 0.25) is 11.7 Å². The van der Waals surface area contributed by atoms with Gasteiger partial charge in [0.15, 0.2) is 0 Å². The summed E-state index contributed by atoms with van der Waals surface area (Å²) < 4.78 is 5.18. The van der Waals surface area contributed by atoms with Crippen LogP contribution in [-0.4, -0.2) is 15.1 Å². The van der Waals surface area contributed by atoms with Gasteiger partial charge in [0, 0.05) is 28.6 Å². The molecule has 0 aliphatic heterocycles. The Bertz CT molecular complexity index is 1010. The fourth-order valence-electron chi connectivity index (χ4n) is 2.59. The van der Waals surface area contributed by atoms with Crippen LogP contribution < -0.4 is 0 Å². The zero-order chi connectivity index (χ0) is 16.5. The highest BCUT2D eigenvalue weighted by atomic mass is 35.5. The Morgan fingerprint density at radius 3 is 2.46 bits per heavy atom. The van der Waals surface area contributed by atoms with E-state index in [2.05, 4.69) is 27.3 Å². The number of fused-ring (bicyclic) bond motifs is 1. The lowest BCUT2D eigenvalue weighted by molar-refractivity contribution is 0.383. The lowest BCUT2D eigenvalue weighted by Crippen LogP contribution is -1.87. The van der Waals surface area contributed by atoms with Crippen molar-refractivity contribution in [2.24, 2.45) is 0 Å². The average molecular weight is 336 g/mol. The number of nitrogens with zero attached hydrogens (tertiary/aromatic N) is 3. The highest BCUT2D eigenvalue weighted by Crippen LogP contribution is 2.27. The van der Waals surface area contributed by atoms with E-state index in [0.717, 1.165) is 32.6 Å². The summed E-state index contributed by atoms with van der Waals surface area (Å²) in [6.07, 6.45) is 2.49. The van der Waals surface area contributed by atoms with Crippen molar-refractivity contribution in [2.75, 3.05) is 0 Å². The van der Waals surface area contributed by atoms with Gasteiger partial charge >= 0.3 is 0 Å². The number of hydrogen-bond acceptors (Lipinski definition) is 4. The van der Waals surface area contributed by atoms with Crippen molar-refractivity contribution < 1.29 is 4.52 Å². The van der Waals surface area contributed by atoms with Crippen molar-refractivity contribution in [3.63, 3.8) is 0 Å². The van der Waals surface area contributed by atoms with Gasteiger partial charge in [-0.15, -0.1) is 0 Å². The Labute approximate surface area is 144 Å². The second-order valence-electron chi connectivity index (χ2n) is 5.50. The van der Waals surface area contributed by atoms with Crippen molar-refractivity contribution in [1.29, 1.82) is 0 Å². The van der Waals surface area contributed by atoms with Crippen LogP contribution in [-0.2, 0) is 6.42 Å². The minimum Gasteiger partial charge on any atom is -0.339 e. The summed E-state index contributed by atoms with van der Waals surface area (Å²) in [6.45, 7) is 1.98. The molecule has 4 aromatic rings. The second kappa shape index (κ2) is 6.06. The number of pyridine rings is 1. The van der Waals surface area contributed by atoms with Gasteiger partial charge < -0.3 is 4.52 Å². The summed E-state index contributed by atoms with van der Waals surface area (Å²) in [7, 11) is 0. The van der Waals surface area contributed by atoms with Gasteiger partial charge in [0.25, 0.3) is 0 Å². The molecule has 0 amide bonds. The fraction of sp³-hybridized carbons (Fsp3) is 0.105. The molecule has 4 nitrogen and oxygen atoms in total. The second-order valence-corrected chi connectivity index (χ2v) is 5.94. The number of hydrogen-bond donors (Lipinski definition) is 0. The predicted molar refractivity (Wildman–Crippen MR) is 94.9 cm³/mol. The lowest BCUT2D eigenvalue weighted by Gasteiger charge is -2.05. The van der Waals surface area contributed by atoms with Crippen molar-refractivity contribution in [3.8, 4) is 22.5 Å². The molecular weight excluding hydrogens is 322 g/mol. The van der Waals surface area contributed by atoms with E-state index in [4.69, 9.17) is 16.1 Å². The van der Waals surface area contributed by atoms with Gasteiger partial charge in [-0.1, -0.05) is 41.9 Å². The highest BCUT2D eigenvalue weighted by Gasteiger charge is 2.09. The standard InChI is InChI=1S/C19H14ClN3O/c1-2-18-22-19(23-24-18)15-10-14-9-13(5-8-17(14)21-11-15)12-3-6-16(20)7-4-12/h3-11H,2H2,1H3. The van der Waals surface area contributed by atoms with Crippen LogP contribution in [0, 0.1) is 0 Å². The van der Waals surface area contributed by atoms with E-state index in [1.54, 1.807) is 6.20 Å². The van der Waals surface area contributed by atoms with Gasteiger partial charge in [-0.3, -0.25) is 4.98 Å². The molecule has 0 atom stereocenters. The number of aromatic nitrogens is 3. The molecule has 0 N–H and O–H groups in total. The Hall–Kier alpha value is -2.72. The zero-order valence-electron chi connectivity index (χ0n) is 13.0. The predicted octanol–water partition coefficient (Wildman–Crippen LogP) is 5.17. The summed E-state index contributed by atoms with van der Waals surface area (Å²) in [5.74, 6) is 1.19. The number of benzene rings is 2. The molecule has 24 heavy (non-hydrogen) atoms. The van der Waals surface area contributed by atoms with Crippen LogP contribution in [0.4, 0.5) is 0 Å². The smallest absolute Gasteiger partial charge is 0.226 e. The minimum atomic E-state index is 0.568. The Morgan fingerprint density at radius 1 is 0.958 bits per heavy atom. The molecule has 0 saturated carbocycles. The van der Waals surface area contributed by atoms with E-state index in [9.17, 15) is 0 Å². The molecule has 4 rings (SSSR count). The first-order valence-electron chi connectivity index (χ1n) is 7.71. The summed E-state index contributed by atoms with van der Waals surface area (Å²) in [6, 6.07) is 16.0. The Morgan fingerprint density at radius 2 is 1.71 bits per heavy atom. The largest absolute Gasteiger partial charge is 0.339 e. The number of halogens is 1. The third-order valence-corrected chi connectivity index (χ3v) is 4.14. The fourth-order valence-corrected chi connectivity index (χ4v) is 2.72. The molecule has 5 heteroatoms. The van der Waals surface area contributed by atoms with Gasteiger partial charge in [-0.2, -0.15) is 4.98 Å². The Balaban J connectivity index is 1.78. The molecule has 0 aliphatic carbocycles. The van der Waals surface area contributed by atoms with Crippen molar-refractivity contribution >= 4 is 22.5 Å². The first-order chi connectivity index (χ1) is 11.7. The van der Waals surface area contributed by atoms with Crippen LogP contribution in [0.5, 0.6) is 0 Å². The van der Waals surface area contributed by atoms with E-state index in [1.807, 2.05) is 43.3 Å². The van der Waals surface area contributed by atoms with E-state index >= 15 is 0 Å². The molecule has 2 heterocycles. The molecular formula is C19H14ClN3O. The van der Waals surface area contributed by atoms with Crippen molar-refractivity contribution in [2.45, 2.75) is 13.3 Å². The van der Waals surface area contributed by atoms with Crippen molar-refractivity contribution in [1.82, 2.24) is 15.1 Å². The third kappa shape index (κ3) is 2.76. The van der Waals surface area contributed by atoms with E-state index in [-0.39, 0.29) is 0 Å². The van der Waals surface area contributed by atoms with Gasteiger partial charge in [-0.25, -0.2) is 0 Å². The summed E-state index contributed by atoms with van der Waals surface area (Å²) in [5.41, 5.74) is 4.00. The first kappa shape index (κ1) is 14.8. The van der Waals surface area contributed by atoms with E-state index in [1.165, 1.54) is 0 Å². The quantitative estimate of drug-likeness (QED) is 0.518. The van der Waals surface area contributed by atoms with Gasteiger partial charge in [0.05, 0.1) is 5.52 Å². The van der Waals surface area contributed by atoms with Crippen LogP contribution in [0.3, 0.4) is 0 Å². The normalized spacial score (nSPS) is 11.1. The molecule has 0 bridgehead atoms. The first-order valence-corrected chi connectivity index (χ1v) is 8.09. The molecule has 2 aromatic carbocycles. The van der Waals surface area contributed by atoms with Crippen molar-refractivity contribution in [3.05, 3.63) is 65.6 Å². The molecule has 118 valence electrons. The van der Waals surface area contributed by atoms with Gasteiger partial charge in [-0.05, 0) is 41.5 Å². The number of rotatable bonds is 3. The highest BCUT2D eigenvalue weighted by molar-refractivity contribution is 6.30. The lowest BCUT2D eigenvalue weighted by atomic mass is 10.0. The third-order valence-electron chi connectivity index (χ3n) is 3.89. The van der Waals surface area contributed by atoms with E-state index in [0.29, 0.717) is 18.1 Å². The molecule has 0 spiro atoms. The summed E-state index contributed by atoms with van der Waals surface area (Å²) in [4.78, 5) is 8.86. The topological polar surface area (TPSA) is 51.8 Å². The van der Waals surface area contributed by atoms with Crippen LogP contribution in [0.25, 0.3) is 33.4 Å². The molecule has 0 saturated heterocycles. The van der Waals surface area contributed by atoms with Crippen LogP contribution in [0.2, 0.25) is 5.02 Å². The molecule has 0 aliphatic rings. The average Bonchev–Trinajstić information content (AvgIpc) is 3.11. The zero-order valence-corrected chi connectivity index (χ0v) is 13.8. The SMILES string of the molecule is CCc1nc(-c2cnc3ccc(-c4ccc(Cl)cc4)cc3c2)no1. The Kier molecular flexibility index (Phi) is 3.75. The summed E-state index contributed by atoms with van der Waals surface area (Å²) in [5, 5.41) is 5.77. The monoisotopic (exact) mass is 335 g/mol. The molecule has 0 unspecified atom stereocenters. The maximum Gasteiger partial charge on any atom is 0.226 e.